The summed E-state index contributed by atoms with van der Waals surface area (Å²) in [6.07, 6.45) is 5.98. The molecule has 0 aromatic carbocycles. The Balaban J connectivity index is 1.42. The van der Waals surface area contributed by atoms with Crippen molar-refractivity contribution >= 4 is 5.91 Å². The lowest BCUT2D eigenvalue weighted by atomic mass is 9.73. The van der Waals surface area contributed by atoms with Gasteiger partial charge in [0.25, 0.3) is 5.91 Å². The first-order chi connectivity index (χ1) is 14.0. The van der Waals surface area contributed by atoms with Gasteiger partial charge in [-0.1, -0.05) is 6.07 Å². The number of hydrogen-bond acceptors (Lipinski definition) is 6. The van der Waals surface area contributed by atoms with Gasteiger partial charge >= 0.3 is 0 Å². The fourth-order valence-corrected chi connectivity index (χ4v) is 4.54. The van der Waals surface area contributed by atoms with Crippen LogP contribution in [-0.4, -0.2) is 56.8 Å². The van der Waals surface area contributed by atoms with Crippen molar-refractivity contribution in [1.29, 1.82) is 0 Å². The van der Waals surface area contributed by atoms with Crippen molar-refractivity contribution in [2.45, 2.75) is 58.7 Å². The molecular weight excluding hydrogens is 368 g/mol. The maximum atomic E-state index is 12.5. The summed E-state index contributed by atoms with van der Waals surface area (Å²) in [4.78, 5) is 19.3. The van der Waals surface area contributed by atoms with Crippen molar-refractivity contribution < 1.29 is 9.53 Å². The predicted molar refractivity (Wildman–Crippen MR) is 109 cm³/mol. The highest BCUT2D eigenvalue weighted by Crippen LogP contribution is 2.41. The van der Waals surface area contributed by atoms with E-state index in [2.05, 4.69) is 36.0 Å². The number of likely N-dealkylation sites (tertiary alicyclic amines) is 1. The number of methoxy groups -OCH3 is 1. The molecule has 0 saturated carbocycles. The third-order valence-electron chi connectivity index (χ3n) is 6.18. The van der Waals surface area contributed by atoms with E-state index in [0.717, 1.165) is 63.3 Å². The first-order valence-corrected chi connectivity index (χ1v) is 10.4. The van der Waals surface area contributed by atoms with E-state index in [-0.39, 0.29) is 17.4 Å². The van der Waals surface area contributed by atoms with Gasteiger partial charge in [-0.15, -0.1) is 10.2 Å². The molecule has 0 aliphatic carbocycles. The highest BCUT2D eigenvalue weighted by molar-refractivity contribution is 5.90. The Bertz CT molecular complexity index is 870. The highest BCUT2D eigenvalue weighted by atomic mass is 16.5. The SMILES string of the molecule is COc1ncccc1CN1CCC2(CCc3nnc(C(=O)NC(C)C)n3C2)CC1. The van der Waals surface area contributed by atoms with Crippen LogP contribution < -0.4 is 10.1 Å². The number of rotatable bonds is 5. The van der Waals surface area contributed by atoms with Gasteiger partial charge in [0.1, 0.15) is 5.82 Å². The molecule has 8 nitrogen and oxygen atoms in total. The summed E-state index contributed by atoms with van der Waals surface area (Å²) in [5.74, 6) is 1.97. The number of aromatic nitrogens is 4. The predicted octanol–water partition coefficient (Wildman–Crippen LogP) is 2.05. The van der Waals surface area contributed by atoms with Gasteiger partial charge in [0, 0.05) is 37.3 Å². The average Bonchev–Trinajstić information content (AvgIpc) is 3.13. The number of ether oxygens (including phenoxy) is 1. The van der Waals surface area contributed by atoms with Crippen LogP contribution in [0.25, 0.3) is 0 Å². The fraction of sp³-hybridized carbons (Fsp3) is 0.619. The maximum absolute atomic E-state index is 12.5. The summed E-state index contributed by atoms with van der Waals surface area (Å²) in [7, 11) is 1.67. The minimum atomic E-state index is -0.128. The van der Waals surface area contributed by atoms with Gasteiger partial charge in [0.2, 0.25) is 11.7 Å². The monoisotopic (exact) mass is 398 g/mol. The molecule has 8 heteroatoms. The smallest absolute Gasteiger partial charge is 0.289 e. The normalized spacial score (nSPS) is 18.6. The van der Waals surface area contributed by atoms with Crippen molar-refractivity contribution in [3.8, 4) is 5.88 Å². The standard InChI is InChI=1S/C21H30N6O2/c1-15(2)23-19(28)18-25-24-17-6-7-21(14-27(17)18)8-11-26(12-9-21)13-16-5-4-10-22-20(16)29-3/h4-5,10,15H,6-9,11-14H2,1-3H3,(H,23,28). The van der Waals surface area contributed by atoms with Gasteiger partial charge in [0.15, 0.2) is 0 Å². The zero-order valence-electron chi connectivity index (χ0n) is 17.5. The number of nitrogens with one attached hydrogen (secondary N) is 1. The Morgan fingerprint density at radius 2 is 2.07 bits per heavy atom. The van der Waals surface area contributed by atoms with E-state index in [4.69, 9.17) is 4.74 Å². The van der Waals surface area contributed by atoms with Crippen LogP contribution in [0.3, 0.4) is 0 Å². The molecular formula is C21H30N6O2. The minimum absolute atomic E-state index is 0.0840. The molecule has 2 aromatic heterocycles. The third kappa shape index (κ3) is 4.12. The number of piperidine rings is 1. The Morgan fingerprint density at radius 3 is 2.79 bits per heavy atom. The fourth-order valence-electron chi connectivity index (χ4n) is 4.54. The number of aryl methyl sites for hydroxylation is 1. The lowest BCUT2D eigenvalue weighted by molar-refractivity contribution is 0.0613. The van der Waals surface area contributed by atoms with Gasteiger partial charge in [0.05, 0.1) is 7.11 Å². The maximum Gasteiger partial charge on any atom is 0.289 e. The van der Waals surface area contributed by atoms with E-state index < -0.39 is 0 Å². The van der Waals surface area contributed by atoms with E-state index in [0.29, 0.717) is 11.7 Å². The molecule has 1 spiro atoms. The average molecular weight is 399 g/mol. The van der Waals surface area contributed by atoms with Crippen LogP contribution >= 0.6 is 0 Å². The zero-order chi connectivity index (χ0) is 20.4. The van der Waals surface area contributed by atoms with E-state index in [1.165, 1.54) is 0 Å². The Morgan fingerprint density at radius 1 is 1.28 bits per heavy atom. The number of carbonyl (C=O) groups is 1. The molecule has 29 heavy (non-hydrogen) atoms. The number of pyridine rings is 1. The van der Waals surface area contributed by atoms with Crippen LogP contribution in [0.15, 0.2) is 18.3 Å². The first-order valence-electron chi connectivity index (χ1n) is 10.4. The second kappa shape index (κ2) is 8.10. The largest absolute Gasteiger partial charge is 0.481 e. The van der Waals surface area contributed by atoms with Crippen LogP contribution in [0, 0.1) is 5.41 Å². The Labute approximate surface area is 171 Å². The van der Waals surface area contributed by atoms with E-state index in [1.807, 2.05) is 19.9 Å². The van der Waals surface area contributed by atoms with Crippen molar-refractivity contribution in [2.24, 2.45) is 5.41 Å². The number of fused-ring (bicyclic) bond motifs is 1. The summed E-state index contributed by atoms with van der Waals surface area (Å²) < 4.78 is 7.45. The van der Waals surface area contributed by atoms with Crippen molar-refractivity contribution in [3.63, 3.8) is 0 Å². The molecule has 1 fully saturated rings. The van der Waals surface area contributed by atoms with Crippen molar-refractivity contribution in [3.05, 3.63) is 35.5 Å². The summed E-state index contributed by atoms with van der Waals surface area (Å²) in [6, 6.07) is 4.13. The molecule has 1 saturated heterocycles. The first kappa shape index (κ1) is 19.8. The molecule has 2 aromatic rings. The topological polar surface area (TPSA) is 85.2 Å². The molecule has 0 atom stereocenters. The Hall–Kier alpha value is -2.48. The molecule has 0 radical (unpaired) electrons. The zero-order valence-corrected chi connectivity index (χ0v) is 17.5. The second-order valence-corrected chi connectivity index (χ2v) is 8.60. The molecule has 0 unspecified atom stereocenters. The van der Waals surface area contributed by atoms with Crippen LogP contribution in [0.5, 0.6) is 5.88 Å². The molecule has 4 rings (SSSR count). The van der Waals surface area contributed by atoms with Crippen LogP contribution in [-0.2, 0) is 19.5 Å². The molecule has 1 amide bonds. The second-order valence-electron chi connectivity index (χ2n) is 8.60. The van der Waals surface area contributed by atoms with Crippen LogP contribution in [0.1, 0.15) is 55.1 Å². The molecule has 1 N–H and O–H groups in total. The van der Waals surface area contributed by atoms with E-state index in [9.17, 15) is 4.79 Å². The summed E-state index contributed by atoms with van der Waals surface area (Å²) >= 11 is 0. The van der Waals surface area contributed by atoms with Gasteiger partial charge in [-0.25, -0.2) is 4.98 Å². The molecule has 4 heterocycles. The summed E-state index contributed by atoms with van der Waals surface area (Å²) in [5.41, 5.74) is 1.35. The van der Waals surface area contributed by atoms with Gasteiger partial charge < -0.3 is 14.6 Å². The number of amides is 1. The summed E-state index contributed by atoms with van der Waals surface area (Å²) in [5, 5.41) is 11.4. The lowest BCUT2D eigenvalue weighted by Gasteiger charge is -2.44. The minimum Gasteiger partial charge on any atom is -0.481 e. The van der Waals surface area contributed by atoms with Crippen LogP contribution in [0.4, 0.5) is 0 Å². The van der Waals surface area contributed by atoms with Crippen molar-refractivity contribution in [1.82, 2.24) is 30.0 Å². The Kier molecular flexibility index (Phi) is 5.54. The molecule has 2 aliphatic rings. The molecule has 2 aliphatic heterocycles. The molecule has 0 bridgehead atoms. The number of nitrogens with zero attached hydrogens (tertiary/aromatic N) is 5. The number of hydrogen-bond donors (Lipinski definition) is 1. The summed E-state index contributed by atoms with van der Waals surface area (Å²) in [6.45, 7) is 7.67. The highest BCUT2D eigenvalue weighted by Gasteiger charge is 2.40. The van der Waals surface area contributed by atoms with E-state index in [1.54, 1.807) is 13.3 Å². The lowest BCUT2D eigenvalue weighted by Crippen LogP contribution is -2.45. The third-order valence-corrected chi connectivity index (χ3v) is 6.18. The number of carbonyl (C=O) groups excluding carboxylic acids is 1. The van der Waals surface area contributed by atoms with Gasteiger partial charge in [-0.2, -0.15) is 0 Å². The van der Waals surface area contributed by atoms with Gasteiger partial charge in [-0.3, -0.25) is 9.69 Å². The molecule has 156 valence electrons. The van der Waals surface area contributed by atoms with Crippen molar-refractivity contribution in [2.75, 3.05) is 20.2 Å². The van der Waals surface area contributed by atoms with Crippen LogP contribution in [0.2, 0.25) is 0 Å². The van der Waals surface area contributed by atoms with E-state index >= 15 is 0 Å². The van der Waals surface area contributed by atoms with Gasteiger partial charge in [-0.05, 0) is 57.7 Å². The quantitative estimate of drug-likeness (QED) is 0.830.